The van der Waals surface area contributed by atoms with Gasteiger partial charge in [0.05, 0.1) is 31.1 Å². The minimum absolute atomic E-state index is 0.00322. The minimum Gasteiger partial charge on any atom is -0.490 e. The minimum atomic E-state index is -3.64. The predicted octanol–water partition coefficient (Wildman–Crippen LogP) is 2.09. The van der Waals surface area contributed by atoms with E-state index in [1.54, 1.807) is 36.4 Å². The molecule has 176 valence electrons. The van der Waals surface area contributed by atoms with Crippen molar-refractivity contribution in [1.29, 1.82) is 0 Å². The number of hydrogen-bond acceptors (Lipinski definition) is 8. The largest absolute Gasteiger partial charge is 0.490 e. The monoisotopic (exact) mass is 475 g/mol. The Kier molecular flexibility index (Phi) is 7.88. The van der Waals surface area contributed by atoms with Crippen LogP contribution in [0.3, 0.4) is 0 Å². The molecule has 0 atom stereocenters. The number of carbonyl (C=O) groups excluding carboxylic acids is 2. The number of hydrogen-bond donors (Lipinski definition) is 2. The summed E-state index contributed by atoms with van der Waals surface area (Å²) >= 11 is 0. The summed E-state index contributed by atoms with van der Waals surface area (Å²) in [6, 6.07) is 11.4. The average molecular weight is 476 g/mol. The van der Waals surface area contributed by atoms with E-state index in [1.165, 1.54) is 6.07 Å². The maximum absolute atomic E-state index is 12.1. The van der Waals surface area contributed by atoms with Gasteiger partial charge >= 0.3 is 5.97 Å². The molecule has 3 rings (SSSR count). The van der Waals surface area contributed by atoms with Crippen LogP contribution in [-0.2, 0) is 24.3 Å². The number of nitrogens with one attached hydrogen (secondary N) is 2. The lowest BCUT2D eigenvalue weighted by atomic mass is 10.2. The Labute approximate surface area is 192 Å². The van der Waals surface area contributed by atoms with E-state index < -0.39 is 28.5 Å². The zero-order chi connectivity index (χ0) is 23.8. The van der Waals surface area contributed by atoms with Crippen molar-refractivity contribution in [2.75, 3.05) is 31.7 Å². The van der Waals surface area contributed by atoms with E-state index in [2.05, 4.69) is 15.0 Å². The number of benzene rings is 2. The number of esters is 1. The molecule has 1 heterocycles. The number of ether oxygens (including phenoxy) is 3. The maximum atomic E-state index is 12.1. The molecule has 11 heteroatoms. The van der Waals surface area contributed by atoms with E-state index in [4.69, 9.17) is 14.2 Å². The molecule has 0 fully saturated rings. The first-order valence-electron chi connectivity index (χ1n) is 10.4. The van der Waals surface area contributed by atoms with E-state index in [0.717, 1.165) is 0 Å². The Morgan fingerprint density at radius 2 is 1.76 bits per heavy atom. The smallest absolute Gasteiger partial charge is 0.308 e. The van der Waals surface area contributed by atoms with Crippen molar-refractivity contribution in [2.24, 2.45) is 4.99 Å². The summed E-state index contributed by atoms with van der Waals surface area (Å²) < 4.78 is 42.4. The fraction of sp³-hybridized carbons (Fsp3) is 0.318. The Balaban J connectivity index is 1.48. The van der Waals surface area contributed by atoms with Crippen molar-refractivity contribution in [3.8, 4) is 11.5 Å². The highest BCUT2D eigenvalue weighted by Gasteiger charge is 2.30. The molecule has 0 aromatic heterocycles. The molecule has 2 aromatic carbocycles. The zero-order valence-electron chi connectivity index (χ0n) is 18.3. The normalized spacial score (nSPS) is 14.8. The number of anilines is 1. The molecular weight excluding hydrogens is 450 g/mol. The summed E-state index contributed by atoms with van der Waals surface area (Å²) in [6.45, 7) is 4.14. The quantitative estimate of drug-likeness (QED) is 0.503. The first-order valence-corrected chi connectivity index (χ1v) is 11.8. The molecule has 0 unspecified atom stereocenters. The van der Waals surface area contributed by atoms with Crippen LogP contribution < -0.4 is 19.5 Å². The van der Waals surface area contributed by atoms with E-state index >= 15 is 0 Å². The Morgan fingerprint density at radius 1 is 1.03 bits per heavy atom. The standard InChI is InChI=1S/C22H25N3O7S/c1-3-30-17-10-9-15(13-18(17)31-4-2)24-20(26)14-32-21(27)11-12-23-22-16-7-5-6-8-19(16)33(28,29)25-22/h5-10,13H,3-4,11-12,14H2,1-2H3,(H,23,25)(H,24,26). The van der Waals surface area contributed by atoms with Crippen LogP contribution in [0.15, 0.2) is 52.4 Å². The molecule has 0 saturated carbocycles. The van der Waals surface area contributed by atoms with Crippen molar-refractivity contribution in [1.82, 2.24) is 4.72 Å². The van der Waals surface area contributed by atoms with Gasteiger partial charge in [-0.15, -0.1) is 0 Å². The molecule has 33 heavy (non-hydrogen) atoms. The second-order valence-electron chi connectivity index (χ2n) is 6.82. The summed E-state index contributed by atoms with van der Waals surface area (Å²) in [6.07, 6.45) is -0.113. The van der Waals surface area contributed by atoms with Gasteiger partial charge in [-0.3, -0.25) is 19.3 Å². The first-order chi connectivity index (χ1) is 15.8. The van der Waals surface area contributed by atoms with Gasteiger partial charge in [-0.05, 0) is 38.1 Å². The highest BCUT2D eigenvalue weighted by atomic mass is 32.2. The number of amidine groups is 1. The van der Waals surface area contributed by atoms with Gasteiger partial charge in [0, 0.05) is 17.3 Å². The molecular formula is C22H25N3O7S. The van der Waals surface area contributed by atoms with Gasteiger partial charge in [0.25, 0.3) is 15.9 Å². The topological polar surface area (TPSA) is 132 Å². The van der Waals surface area contributed by atoms with Gasteiger partial charge in [-0.25, -0.2) is 8.42 Å². The maximum Gasteiger partial charge on any atom is 0.308 e. The van der Waals surface area contributed by atoms with Crippen molar-refractivity contribution < 1.29 is 32.2 Å². The predicted molar refractivity (Wildman–Crippen MR) is 121 cm³/mol. The van der Waals surface area contributed by atoms with Gasteiger partial charge in [0.2, 0.25) is 0 Å². The number of amides is 1. The zero-order valence-corrected chi connectivity index (χ0v) is 19.1. The fourth-order valence-electron chi connectivity index (χ4n) is 3.05. The van der Waals surface area contributed by atoms with E-state index in [0.29, 0.717) is 36.0 Å². The van der Waals surface area contributed by atoms with Gasteiger partial charge in [-0.2, -0.15) is 0 Å². The van der Waals surface area contributed by atoms with Crippen molar-refractivity contribution in [3.05, 3.63) is 48.0 Å². The molecule has 0 saturated heterocycles. The summed E-state index contributed by atoms with van der Waals surface area (Å²) in [5, 5.41) is 2.63. The molecule has 2 N–H and O–H groups in total. The first kappa shape index (κ1) is 24.1. The lowest BCUT2D eigenvalue weighted by Gasteiger charge is -2.13. The van der Waals surface area contributed by atoms with Gasteiger partial charge in [0.1, 0.15) is 5.84 Å². The van der Waals surface area contributed by atoms with Crippen LogP contribution in [0.4, 0.5) is 5.69 Å². The second kappa shape index (κ2) is 10.8. The van der Waals surface area contributed by atoms with Crippen molar-refractivity contribution >= 4 is 33.4 Å². The SMILES string of the molecule is CCOc1ccc(NC(=O)COC(=O)CCN=C2NS(=O)(=O)c3ccccc32)cc1OCC. The molecule has 0 aliphatic carbocycles. The van der Waals surface area contributed by atoms with Crippen molar-refractivity contribution in [3.63, 3.8) is 0 Å². The Morgan fingerprint density at radius 3 is 2.52 bits per heavy atom. The van der Waals surface area contributed by atoms with E-state index in [9.17, 15) is 18.0 Å². The lowest BCUT2D eigenvalue weighted by Crippen LogP contribution is -2.23. The van der Waals surface area contributed by atoms with Crippen molar-refractivity contribution in [2.45, 2.75) is 25.2 Å². The number of fused-ring (bicyclic) bond motifs is 1. The Hall–Kier alpha value is -3.60. The van der Waals surface area contributed by atoms with Crippen LogP contribution in [0, 0.1) is 0 Å². The number of rotatable bonds is 10. The fourth-order valence-corrected chi connectivity index (χ4v) is 4.31. The highest BCUT2D eigenvalue weighted by Crippen LogP contribution is 2.30. The number of nitrogens with zero attached hydrogens (tertiary/aromatic N) is 1. The van der Waals surface area contributed by atoms with Crippen LogP contribution in [-0.4, -0.2) is 52.5 Å². The molecule has 0 spiro atoms. The molecule has 1 amide bonds. The molecule has 0 bridgehead atoms. The van der Waals surface area contributed by atoms with Crippen LogP contribution in [0.2, 0.25) is 0 Å². The van der Waals surface area contributed by atoms with E-state index in [-0.39, 0.29) is 23.7 Å². The number of sulfonamides is 1. The molecule has 10 nitrogen and oxygen atoms in total. The summed E-state index contributed by atoms with van der Waals surface area (Å²) in [5.41, 5.74) is 0.925. The Bertz CT molecular complexity index is 1160. The summed E-state index contributed by atoms with van der Waals surface area (Å²) in [4.78, 5) is 28.4. The number of carbonyl (C=O) groups is 2. The highest BCUT2D eigenvalue weighted by molar-refractivity contribution is 7.90. The summed E-state index contributed by atoms with van der Waals surface area (Å²) in [7, 11) is -3.64. The van der Waals surface area contributed by atoms with Crippen LogP contribution in [0.1, 0.15) is 25.8 Å². The molecule has 1 aliphatic rings. The average Bonchev–Trinajstić information content (AvgIpc) is 3.05. The molecule has 2 aromatic rings. The van der Waals surface area contributed by atoms with Gasteiger partial charge in [-0.1, -0.05) is 12.1 Å². The third-order valence-corrected chi connectivity index (χ3v) is 5.84. The van der Waals surface area contributed by atoms with Gasteiger partial charge in [0.15, 0.2) is 18.1 Å². The summed E-state index contributed by atoms with van der Waals surface area (Å²) in [5.74, 6) is 0.0933. The van der Waals surface area contributed by atoms with Crippen LogP contribution in [0.25, 0.3) is 0 Å². The lowest BCUT2D eigenvalue weighted by molar-refractivity contribution is -0.147. The van der Waals surface area contributed by atoms with Gasteiger partial charge < -0.3 is 19.5 Å². The second-order valence-corrected chi connectivity index (χ2v) is 8.47. The number of aliphatic imine (C=N–C) groups is 1. The van der Waals surface area contributed by atoms with E-state index in [1.807, 2.05) is 13.8 Å². The third-order valence-electron chi connectivity index (χ3n) is 4.44. The third kappa shape index (κ3) is 6.22. The van der Waals surface area contributed by atoms with Crippen LogP contribution in [0.5, 0.6) is 11.5 Å². The molecule has 0 radical (unpaired) electrons. The molecule has 1 aliphatic heterocycles. The van der Waals surface area contributed by atoms with Crippen LogP contribution >= 0.6 is 0 Å².